The van der Waals surface area contributed by atoms with E-state index in [2.05, 4.69) is 9.97 Å². The second kappa shape index (κ2) is 6.72. The minimum atomic E-state index is -0.517. The minimum Gasteiger partial charge on any atom is -0.507 e. The van der Waals surface area contributed by atoms with E-state index >= 15 is 0 Å². The third-order valence-corrected chi connectivity index (χ3v) is 3.45. The van der Waals surface area contributed by atoms with Crippen LogP contribution in [0.25, 0.3) is 16.6 Å². The molecular formula is C17H12N4O4. The maximum absolute atomic E-state index is 10.6. The van der Waals surface area contributed by atoms with Gasteiger partial charge in [0.25, 0.3) is 5.69 Å². The monoisotopic (exact) mass is 336 g/mol. The molecule has 0 aliphatic carbocycles. The zero-order chi connectivity index (χ0) is 17.8. The largest absolute Gasteiger partial charge is 0.507 e. The van der Waals surface area contributed by atoms with Crippen molar-refractivity contribution in [1.82, 2.24) is 9.97 Å². The van der Waals surface area contributed by atoms with Crippen LogP contribution in [0.4, 0.5) is 5.69 Å². The van der Waals surface area contributed by atoms with Crippen molar-refractivity contribution in [3.8, 4) is 11.8 Å². The zero-order valence-electron chi connectivity index (χ0n) is 12.8. The van der Waals surface area contributed by atoms with E-state index in [0.717, 1.165) is 5.52 Å². The first-order valence-electron chi connectivity index (χ1n) is 7.23. The van der Waals surface area contributed by atoms with Crippen LogP contribution in [0.3, 0.4) is 0 Å². The molecular weight excluding hydrogens is 324 g/mol. The number of nitriles is 1. The SMILES string of the molecule is N#C/C(=C(/O)COc1ccc([N+](=O)[O-])cc1)c1nc2ccccc2[nH]1. The molecule has 1 heterocycles. The number of imidazole rings is 1. The van der Waals surface area contributed by atoms with Gasteiger partial charge in [0, 0.05) is 12.1 Å². The molecule has 0 saturated heterocycles. The van der Waals surface area contributed by atoms with Crippen LogP contribution in [0.5, 0.6) is 5.75 Å². The van der Waals surface area contributed by atoms with Crippen molar-refractivity contribution in [1.29, 1.82) is 5.26 Å². The lowest BCUT2D eigenvalue weighted by molar-refractivity contribution is -0.384. The van der Waals surface area contributed by atoms with E-state index < -0.39 is 4.92 Å². The van der Waals surface area contributed by atoms with Crippen molar-refractivity contribution in [2.45, 2.75) is 0 Å². The number of aliphatic hydroxyl groups excluding tert-OH is 1. The zero-order valence-corrected chi connectivity index (χ0v) is 12.8. The quantitative estimate of drug-likeness (QED) is 0.318. The Balaban J connectivity index is 1.79. The van der Waals surface area contributed by atoms with Gasteiger partial charge in [0.2, 0.25) is 0 Å². The topological polar surface area (TPSA) is 125 Å². The molecule has 3 rings (SSSR count). The summed E-state index contributed by atoms with van der Waals surface area (Å²) in [4.78, 5) is 17.3. The summed E-state index contributed by atoms with van der Waals surface area (Å²) in [5.74, 6) is 0.285. The molecule has 0 radical (unpaired) electrons. The Morgan fingerprint density at radius 3 is 2.64 bits per heavy atom. The number of aromatic amines is 1. The highest BCUT2D eigenvalue weighted by Gasteiger charge is 2.14. The van der Waals surface area contributed by atoms with Crippen LogP contribution < -0.4 is 4.74 Å². The summed E-state index contributed by atoms with van der Waals surface area (Å²) in [6, 6.07) is 14.6. The molecule has 0 fully saturated rings. The van der Waals surface area contributed by atoms with Gasteiger partial charge < -0.3 is 14.8 Å². The molecule has 0 aliphatic rings. The number of rotatable bonds is 5. The van der Waals surface area contributed by atoms with Crippen LogP contribution in [0.1, 0.15) is 5.82 Å². The summed E-state index contributed by atoms with van der Waals surface area (Å²) in [7, 11) is 0. The highest BCUT2D eigenvalue weighted by molar-refractivity contribution is 5.82. The van der Waals surface area contributed by atoms with E-state index in [1.54, 1.807) is 6.07 Å². The van der Waals surface area contributed by atoms with E-state index in [1.807, 2.05) is 24.3 Å². The molecule has 25 heavy (non-hydrogen) atoms. The fraction of sp³-hybridized carbons (Fsp3) is 0.0588. The predicted molar refractivity (Wildman–Crippen MR) is 89.8 cm³/mol. The molecule has 0 saturated carbocycles. The number of nitro groups is 1. The molecule has 0 unspecified atom stereocenters. The maximum Gasteiger partial charge on any atom is 0.269 e. The second-order valence-electron chi connectivity index (χ2n) is 5.08. The number of H-pyrrole nitrogens is 1. The number of nitrogens with zero attached hydrogens (tertiary/aromatic N) is 3. The van der Waals surface area contributed by atoms with Gasteiger partial charge in [0.05, 0.1) is 16.0 Å². The normalized spacial score (nSPS) is 11.6. The van der Waals surface area contributed by atoms with Crippen molar-refractivity contribution in [3.63, 3.8) is 0 Å². The summed E-state index contributed by atoms with van der Waals surface area (Å²) >= 11 is 0. The molecule has 1 aromatic heterocycles. The number of para-hydroxylation sites is 2. The summed E-state index contributed by atoms with van der Waals surface area (Å²) in [6.45, 7) is -0.266. The van der Waals surface area contributed by atoms with E-state index in [9.17, 15) is 20.5 Å². The standard InChI is InChI=1S/C17H12N4O4/c18-9-13(17-19-14-3-1-2-4-15(14)20-17)16(22)10-25-12-7-5-11(6-8-12)21(23)24/h1-8,22H,10H2,(H,19,20)/b16-13-. The van der Waals surface area contributed by atoms with Gasteiger partial charge >= 0.3 is 0 Å². The highest BCUT2D eigenvalue weighted by Crippen LogP contribution is 2.21. The fourth-order valence-electron chi connectivity index (χ4n) is 2.21. The van der Waals surface area contributed by atoms with Crippen molar-refractivity contribution in [2.24, 2.45) is 0 Å². The van der Waals surface area contributed by atoms with Crippen molar-refractivity contribution in [3.05, 3.63) is 70.2 Å². The third-order valence-electron chi connectivity index (χ3n) is 3.45. The number of nitro benzene ring substituents is 1. The number of nitrogens with one attached hydrogen (secondary N) is 1. The van der Waals surface area contributed by atoms with Crippen LogP contribution in [-0.2, 0) is 0 Å². The molecule has 0 spiro atoms. The summed E-state index contributed by atoms with van der Waals surface area (Å²) in [6.07, 6.45) is 0. The molecule has 124 valence electrons. The summed E-state index contributed by atoms with van der Waals surface area (Å²) in [5.41, 5.74) is 1.33. The van der Waals surface area contributed by atoms with Crippen molar-refractivity contribution >= 4 is 22.3 Å². The smallest absolute Gasteiger partial charge is 0.269 e. The van der Waals surface area contributed by atoms with Gasteiger partial charge in [-0.2, -0.15) is 5.26 Å². The number of aromatic nitrogens is 2. The molecule has 3 aromatic rings. The van der Waals surface area contributed by atoms with E-state index in [0.29, 0.717) is 11.3 Å². The number of hydrogen-bond acceptors (Lipinski definition) is 6. The third kappa shape index (κ3) is 3.40. The Bertz CT molecular complexity index is 966. The van der Waals surface area contributed by atoms with Gasteiger partial charge in [0.15, 0.2) is 11.6 Å². The van der Waals surface area contributed by atoms with E-state index in [1.165, 1.54) is 24.3 Å². The number of fused-ring (bicyclic) bond motifs is 1. The number of non-ortho nitro benzene ring substituents is 1. The maximum atomic E-state index is 10.6. The summed E-state index contributed by atoms with van der Waals surface area (Å²) in [5, 5.41) is 30.1. The molecule has 0 atom stereocenters. The Morgan fingerprint density at radius 2 is 2.00 bits per heavy atom. The van der Waals surface area contributed by atoms with Crippen LogP contribution in [0, 0.1) is 21.4 Å². The lowest BCUT2D eigenvalue weighted by atomic mass is 10.2. The molecule has 8 nitrogen and oxygen atoms in total. The Labute approximate surface area is 141 Å². The average Bonchev–Trinajstić information content (AvgIpc) is 3.04. The number of allylic oxidation sites excluding steroid dienone is 1. The fourth-order valence-corrected chi connectivity index (χ4v) is 2.21. The molecule has 2 N–H and O–H groups in total. The Kier molecular flexibility index (Phi) is 4.30. The van der Waals surface area contributed by atoms with Gasteiger partial charge in [-0.05, 0) is 24.3 Å². The van der Waals surface area contributed by atoms with Gasteiger partial charge in [-0.15, -0.1) is 0 Å². The number of benzene rings is 2. The number of aliphatic hydroxyl groups is 1. The van der Waals surface area contributed by atoms with Gasteiger partial charge in [-0.3, -0.25) is 10.1 Å². The molecule has 0 bridgehead atoms. The minimum absolute atomic E-state index is 0.0295. The molecule has 0 aliphatic heterocycles. The van der Waals surface area contributed by atoms with Gasteiger partial charge in [0.1, 0.15) is 24.0 Å². The van der Waals surface area contributed by atoms with Crippen LogP contribution in [0.15, 0.2) is 54.3 Å². The molecule has 0 amide bonds. The average molecular weight is 336 g/mol. The van der Waals surface area contributed by atoms with Crippen molar-refractivity contribution < 1.29 is 14.8 Å². The van der Waals surface area contributed by atoms with Gasteiger partial charge in [-0.25, -0.2) is 4.98 Å². The second-order valence-corrected chi connectivity index (χ2v) is 5.08. The Hall–Kier alpha value is -3.86. The predicted octanol–water partition coefficient (Wildman–Crippen LogP) is 3.34. The van der Waals surface area contributed by atoms with Crippen LogP contribution in [-0.4, -0.2) is 26.6 Å². The van der Waals surface area contributed by atoms with E-state index in [4.69, 9.17) is 4.74 Å². The summed E-state index contributed by atoms with van der Waals surface area (Å²) < 4.78 is 5.36. The highest BCUT2D eigenvalue weighted by atomic mass is 16.6. The van der Waals surface area contributed by atoms with Gasteiger partial charge in [-0.1, -0.05) is 12.1 Å². The van der Waals surface area contributed by atoms with E-state index in [-0.39, 0.29) is 29.5 Å². The van der Waals surface area contributed by atoms with Crippen LogP contribution in [0.2, 0.25) is 0 Å². The molecule has 2 aromatic carbocycles. The lowest BCUT2D eigenvalue weighted by Gasteiger charge is -2.06. The Morgan fingerprint density at radius 1 is 1.28 bits per heavy atom. The first kappa shape index (κ1) is 16.0. The number of ether oxygens (including phenoxy) is 1. The first-order valence-corrected chi connectivity index (χ1v) is 7.23. The number of hydrogen-bond donors (Lipinski definition) is 2. The molecule has 8 heteroatoms. The van der Waals surface area contributed by atoms with Crippen molar-refractivity contribution in [2.75, 3.05) is 6.61 Å². The van der Waals surface area contributed by atoms with Crippen LogP contribution >= 0.6 is 0 Å². The first-order chi connectivity index (χ1) is 12.1. The lowest BCUT2D eigenvalue weighted by Crippen LogP contribution is -2.04.